The van der Waals surface area contributed by atoms with Gasteiger partial charge in [0.05, 0.1) is 23.2 Å². The summed E-state index contributed by atoms with van der Waals surface area (Å²) in [6.45, 7) is 3.95. The first kappa shape index (κ1) is 16.6. The highest BCUT2D eigenvalue weighted by Crippen LogP contribution is 2.34. The first-order valence-corrected chi connectivity index (χ1v) is 8.48. The number of rotatable bonds is 4. The topological polar surface area (TPSA) is 24.5 Å². The number of hydrogen-bond donors (Lipinski definition) is 1. The number of hydrogen-bond acceptors (Lipinski definition) is 3. The second kappa shape index (κ2) is 7.54. The van der Waals surface area contributed by atoms with Crippen LogP contribution >= 0.6 is 23.2 Å². The SMILES string of the molecule is COc1cccc(C(c2ccc(Cl)c(Cl)c2)N2CCNCC2)c1. The molecule has 1 saturated heterocycles. The van der Waals surface area contributed by atoms with Crippen LogP contribution in [0, 0.1) is 0 Å². The number of piperazine rings is 1. The summed E-state index contributed by atoms with van der Waals surface area (Å²) in [5.74, 6) is 0.864. The fourth-order valence-electron chi connectivity index (χ4n) is 3.05. The van der Waals surface area contributed by atoms with Crippen LogP contribution in [0.4, 0.5) is 0 Å². The van der Waals surface area contributed by atoms with Gasteiger partial charge in [-0.25, -0.2) is 0 Å². The van der Waals surface area contributed by atoms with Crippen LogP contribution in [0.15, 0.2) is 42.5 Å². The molecule has 0 bridgehead atoms. The summed E-state index contributed by atoms with van der Waals surface area (Å²) in [6, 6.07) is 14.3. The molecule has 1 fully saturated rings. The summed E-state index contributed by atoms with van der Waals surface area (Å²) in [4.78, 5) is 2.46. The Morgan fingerprint density at radius 3 is 2.43 bits per heavy atom. The minimum Gasteiger partial charge on any atom is -0.497 e. The van der Waals surface area contributed by atoms with E-state index in [-0.39, 0.29) is 6.04 Å². The first-order chi connectivity index (χ1) is 11.2. The predicted molar refractivity (Wildman–Crippen MR) is 95.7 cm³/mol. The predicted octanol–water partition coefficient (Wildman–Crippen LogP) is 4.00. The number of nitrogens with one attached hydrogen (secondary N) is 1. The lowest BCUT2D eigenvalue weighted by Crippen LogP contribution is -2.45. The standard InChI is InChI=1S/C18H20Cl2N2O/c1-23-15-4-2-3-13(11-15)18(22-9-7-21-8-10-22)14-5-6-16(19)17(20)12-14/h2-6,11-12,18,21H,7-10H2,1H3. The molecule has 1 atom stereocenters. The summed E-state index contributed by atoms with van der Waals surface area (Å²) < 4.78 is 5.39. The van der Waals surface area contributed by atoms with Crippen molar-refractivity contribution in [1.82, 2.24) is 10.2 Å². The van der Waals surface area contributed by atoms with Gasteiger partial charge in [0.2, 0.25) is 0 Å². The zero-order valence-corrected chi connectivity index (χ0v) is 14.6. The van der Waals surface area contributed by atoms with E-state index in [9.17, 15) is 0 Å². The molecule has 0 aromatic heterocycles. The molecule has 2 aromatic rings. The van der Waals surface area contributed by atoms with E-state index < -0.39 is 0 Å². The van der Waals surface area contributed by atoms with Crippen LogP contribution in [0.3, 0.4) is 0 Å². The van der Waals surface area contributed by atoms with Gasteiger partial charge in [-0.2, -0.15) is 0 Å². The second-order valence-corrected chi connectivity index (χ2v) is 6.45. The van der Waals surface area contributed by atoms with Gasteiger partial charge >= 0.3 is 0 Å². The molecule has 23 heavy (non-hydrogen) atoms. The van der Waals surface area contributed by atoms with Crippen molar-refractivity contribution in [2.75, 3.05) is 33.3 Å². The van der Waals surface area contributed by atoms with E-state index in [1.165, 1.54) is 5.56 Å². The molecule has 0 saturated carbocycles. The monoisotopic (exact) mass is 350 g/mol. The Balaban J connectivity index is 2.03. The van der Waals surface area contributed by atoms with E-state index in [1.54, 1.807) is 7.11 Å². The van der Waals surface area contributed by atoms with Crippen molar-refractivity contribution in [3.8, 4) is 5.75 Å². The summed E-state index contributed by atoms with van der Waals surface area (Å²) >= 11 is 12.3. The van der Waals surface area contributed by atoms with Gasteiger partial charge in [-0.3, -0.25) is 4.90 Å². The Morgan fingerprint density at radius 2 is 1.74 bits per heavy atom. The molecule has 1 unspecified atom stereocenters. The van der Waals surface area contributed by atoms with Crippen molar-refractivity contribution in [2.24, 2.45) is 0 Å². The van der Waals surface area contributed by atoms with Crippen LogP contribution in [0.1, 0.15) is 17.2 Å². The fraction of sp³-hybridized carbons (Fsp3) is 0.333. The molecule has 1 aliphatic heterocycles. The largest absolute Gasteiger partial charge is 0.497 e. The number of methoxy groups -OCH3 is 1. The van der Waals surface area contributed by atoms with Crippen molar-refractivity contribution in [3.05, 3.63) is 63.6 Å². The molecule has 1 aliphatic rings. The van der Waals surface area contributed by atoms with Crippen molar-refractivity contribution < 1.29 is 4.74 Å². The normalized spacial score (nSPS) is 17.0. The van der Waals surface area contributed by atoms with E-state index in [2.05, 4.69) is 28.4 Å². The van der Waals surface area contributed by atoms with Gasteiger partial charge in [-0.1, -0.05) is 41.4 Å². The molecule has 0 aliphatic carbocycles. The van der Waals surface area contributed by atoms with E-state index in [4.69, 9.17) is 27.9 Å². The molecule has 0 radical (unpaired) electrons. The lowest BCUT2D eigenvalue weighted by atomic mass is 9.96. The first-order valence-electron chi connectivity index (χ1n) is 7.72. The van der Waals surface area contributed by atoms with Crippen LogP contribution in [0.5, 0.6) is 5.75 Å². The van der Waals surface area contributed by atoms with Gasteiger partial charge in [0, 0.05) is 26.2 Å². The molecular weight excluding hydrogens is 331 g/mol. The molecule has 0 amide bonds. The van der Waals surface area contributed by atoms with Gasteiger partial charge in [0.25, 0.3) is 0 Å². The second-order valence-electron chi connectivity index (χ2n) is 5.64. The number of nitrogens with zero attached hydrogens (tertiary/aromatic N) is 1. The van der Waals surface area contributed by atoms with Crippen LogP contribution in [-0.4, -0.2) is 38.2 Å². The zero-order valence-electron chi connectivity index (χ0n) is 13.1. The van der Waals surface area contributed by atoms with Crippen molar-refractivity contribution in [3.63, 3.8) is 0 Å². The summed E-state index contributed by atoms with van der Waals surface area (Å²) in [5.41, 5.74) is 2.35. The quantitative estimate of drug-likeness (QED) is 0.901. The van der Waals surface area contributed by atoms with Crippen LogP contribution in [0.2, 0.25) is 10.0 Å². The Kier molecular flexibility index (Phi) is 5.44. The van der Waals surface area contributed by atoms with E-state index >= 15 is 0 Å². The number of ether oxygens (including phenoxy) is 1. The summed E-state index contributed by atoms with van der Waals surface area (Å²) in [7, 11) is 1.69. The molecule has 3 nitrogen and oxygen atoms in total. The Bertz CT molecular complexity index is 672. The van der Waals surface area contributed by atoms with Crippen LogP contribution < -0.4 is 10.1 Å². The molecule has 5 heteroatoms. The highest BCUT2D eigenvalue weighted by atomic mass is 35.5. The molecule has 1 heterocycles. The van der Waals surface area contributed by atoms with Crippen molar-refractivity contribution in [2.45, 2.75) is 6.04 Å². The highest BCUT2D eigenvalue weighted by molar-refractivity contribution is 6.42. The van der Waals surface area contributed by atoms with Crippen molar-refractivity contribution >= 4 is 23.2 Å². The minimum atomic E-state index is 0.141. The lowest BCUT2D eigenvalue weighted by molar-refractivity contribution is 0.198. The Morgan fingerprint density at radius 1 is 1.00 bits per heavy atom. The van der Waals surface area contributed by atoms with E-state index in [0.717, 1.165) is 37.5 Å². The van der Waals surface area contributed by atoms with Gasteiger partial charge < -0.3 is 10.1 Å². The molecule has 0 spiro atoms. The maximum Gasteiger partial charge on any atom is 0.119 e. The third kappa shape index (κ3) is 3.81. The summed E-state index contributed by atoms with van der Waals surface area (Å²) in [5, 5.41) is 4.58. The van der Waals surface area contributed by atoms with Crippen LogP contribution in [0.25, 0.3) is 0 Å². The smallest absolute Gasteiger partial charge is 0.119 e. The van der Waals surface area contributed by atoms with Crippen molar-refractivity contribution in [1.29, 1.82) is 0 Å². The molecule has 1 N–H and O–H groups in total. The van der Waals surface area contributed by atoms with Gasteiger partial charge in [0.15, 0.2) is 0 Å². The fourth-order valence-corrected chi connectivity index (χ4v) is 3.36. The third-order valence-electron chi connectivity index (χ3n) is 4.19. The Labute approximate surface area is 147 Å². The number of benzene rings is 2. The lowest BCUT2D eigenvalue weighted by Gasteiger charge is -2.35. The van der Waals surface area contributed by atoms with Crippen LogP contribution in [-0.2, 0) is 0 Å². The van der Waals surface area contributed by atoms with E-state index in [0.29, 0.717) is 10.0 Å². The zero-order chi connectivity index (χ0) is 16.2. The third-order valence-corrected chi connectivity index (χ3v) is 4.92. The molecule has 122 valence electrons. The van der Waals surface area contributed by atoms with Gasteiger partial charge in [-0.15, -0.1) is 0 Å². The molecular formula is C18H20Cl2N2O. The molecule has 2 aromatic carbocycles. The maximum atomic E-state index is 6.26. The number of halogens is 2. The highest BCUT2D eigenvalue weighted by Gasteiger charge is 2.24. The average Bonchev–Trinajstić information content (AvgIpc) is 2.59. The van der Waals surface area contributed by atoms with Gasteiger partial charge in [-0.05, 0) is 35.4 Å². The summed E-state index contributed by atoms with van der Waals surface area (Å²) in [6.07, 6.45) is 0. The maximum absolute atomic E-state index is 6.26. The minimum absolute atomic E-state index is 0.141. The van der Waals surface area contributed by atoms with E-state index in [1.807, 2.05) is 24.3 Å². The Hall–Kier alpha value is -1.26. The average molecular weight is 351 g/mol. The van der Waals surface area contributed by atoms with Gasteiger partial charge in [0.1, 0.15) is 5.75 Å². The molecule has 3 rings (SSSR count).